The highest BCUT2D eigenvalue weighted by Crippen LogP contribution is 2.35. The van der Waals surface area contributed by atoms with E-state index in [1.54, 1.807) is 19.3 Å². The van der Waals surface area contributed by atoms with Crippen molar-refractivity contribution >= 4 is 29.0 Å². The Kier molecular flexibility index (Phi) is 6.19. The number of nitrogens with zero attached hydrogens (tertiary/aromatic N) is 1. The lowest BCUT2D eigenvalue weighted by Gasteiger charge is -2.12. The second-order valence-electron chi connectivity index (χ2n) is 6.01. The molecule has 0 unspecified atom stereocenters. The highest BCUT2D eigenvalue weighted by molar-refractivity contribution is 8.18. The topological polar surface area (TPSA) is 55.8 Å². The Labute approximate surface area is 163 Å². The first kappa shape index (κ1) is 19.0. The van der Waals surface area contributed by atoms with Crippen molar-refractivity contribution in [2.24, 2.45) is 0 Å². The maximum atomic E-state index is 12.6. The van der Waals surface area contributed by atoms with E-state index >= 15 is 0 Å². The number of ether oxygens (including phenoxy) is 2. The number of carbonyl (C=O) groups is 2. The largest absolute Gasteiger partial charge is 0.493 e. The predicted molar refractivity (Wildman–Crippen MR) is 107 cm³/mol. The Balaban J connectivity index is 1.79. The standard InChI is InChI=1S/C21H21NO4S/c1-3-11-26-17-10-9-16(12-18(17)25-2)13-19-20(23)22(21(24)27-19)14-15-7-5-4-6-8-15/h4-10,12-13H,3,11,14H2,1-2H3/b19-13-. The molecule has 140 valence electrons. The fourth-order valence-corrected chi connectivity index (χ4v) is 3.50. The van der Waals surface area contributed by atoms with E-state index < -0.39 is 0 Å². The van der Waals surface area contributed by atoms with Crippen LogP contribution >= 0.6 is 11.8 Å². The van der Waals surface area contributed by atoms with Gasteiger partial charge in [-0.05, 0) is 47.5 Å². The zero-order chi connectivity index (χ0) is 19.2. The Bertz CT molecular complexity index is 864. The lowest BCUT2D eigenvalue weighted by atomic mass is 10.1. The third-order valence-corrected chi connectivity index (χ3v) is 4.91. The van der Waals surface area contributed by atoms with Gasteiger partial charge in [-0.3, -0.25) is 14.5 Å². The van der Waals surface area contributed by atoms with Crippen LogP contribution in [0, 0.1) is 0 Å². The van der Waals surface area contributed by atoms with Gasteiger partial charge in [-0.1, -0.05) is 43.3 Å². The molecule has 0 aromatic heterocycles. The molecule has 2 aromatic carbocycles. The van der Waals surface area contributed by atoms with Crippen LogP contribution in [0.1, 0.15) is 24.5 Å². The van der Waals surface area contributed by atoms with Gasteiger partial charge in [0.1, 0.15) is 0 Å². The van der Waals surface area contributed by atoms with Crippen molar-refractivity contribution in [1.29, 1.82) is 0 Å². The molecule has 1 heterocycles. The normalized spacial score (nSPS) is 15.5. The summed E-state index contributed by atoms with van der Waals surface area (Å²) in [6.07, 6.45) is 2.61. The summed E-state index contributed by atoms with van der Waals surface area (Å²) in [5, 5.41) is -0.259. The average Bonchev–Trinajstić information content (AvgIpc) is 2.95. The predicted octanol–water partition coefficient (Wildman–Crippen LogP) is 4.72. The van der Waals surface area contributed by atoms with Crippen molar-refractivity contribution in [1.82, 2.24) is 4.90 Å². The molecule has 0 radical (unpaired) electrons. The van der Waals surface area contributed by atoms with E-state index in [-0.39, 0.29) is 17.7 Å². The first-order valence-electron chi connectivity index (χ1n) is 8.72. The van der Waals surface area contributed by atoms with Crippen LogP contribution in [-0.2, 0) is 11.3 Å². The summed E-state index contributed by atoms with van der Waals surface area (Å²) in [4.78, 5) is 26.6. The van der Waals surface area contributed by atoms with Crippen molar-refractivity contribution in [2.45, 2.75) is 19.9 Å². The summed E-state index contributed by atoms with van der Waals surface area (Å²) in [6.45, 7) is 2.91. The number of hydrogen-bond acceptors (Lipinski definition) is 5. The number of benzene rings is 2. The highest BCUT2D eigenvalue weighted by atomic mass is 32.2. The summed E-state index contributed by atoms with van der Waals surface area (Å²) in [5.74, 6) is 0.980. The van der Waals surface area contributed by atoms with Gasteiger partial charge in [0.15, 0.2) is 11.5 Å². The van der Waals surface area contributed by atoms with Crippen LogP contribution in [0.4, 0.5) is 4.79 Å². The molecule has 2 aromatic rings. The lowest BCUT2D eigenvalue weighted by Crippen LogP contribution is -2.27. The zero-order valence-electron chi connectivity index (χ0n) is 15.3. The maximum absolute atomic E-state index is 12.6. The van der Waals surface area contributed by atoms with Crippen LogP contribution in [0.5, 0.6) is 11.5 Å². The van der Waals surface area contributed by atoms with E-state index in [1.807, 2.05) is 49.4 Å². The number of rotatable bonds is 7. The average molecular weight is 383 g/mol. The number of hydrogen-bond donors (Lipinski definition) is 0. The second kappa shape index (κ2) is 8.77. The fourth-order valence-electron chi connectivity index (χ4n) is 2.66. The van der Waals surface area contributed by atoms with Crippen LogP contribution in [0.25, 0.3) is 6.08 Å². The first-order valence-corrected chi connectivity index (χ1v) is 9.54. The molecule has 2 amide bonds. The van der Waals surface area contributed by atoms with Gasteiger partial charge in [0, 0.05) is 0 Å². The number of carbonyl (C=O) groups excluding carboxylic acids is 2. The van der Waals surface area contributed by atoms with Crippen LogP contribution < -0.4 is 9.47 Å². The van der Waals surface area contributed by atoms with Gasteiger partial charge in [-0.25, -0.2) is 0 Å². The van der Waals surface area contributed by atoms with E-state index in [0.29, 0.717) is 23.0 Å². The third-order valence-electron chi connectivity index (χ3n) is 4.00. The fraction of sp³-hybridized carbons (Fsp3) is 0.238. The SMILES string of the molecule is CCCOc1ccc(/C=C2\SC(=O)N(Cc3ccccc3)C2=O)cc1OC. The van der Waals surface area contributed by atoms with Gasteiger partial charge in [-0.15, -0.1) is 0 Å². The van der Waals surface area contributed by atoms with Gasteiger partial charge < -0.3 is 9.47 Å². The molecule has 0 spiro atoms. The molecule has 1 saturated heterocycles. The quantitative estimate of drug-likeness (QED) is 0.648. The first-order chi connectivity index (χ1) is 13.1. The minimum Gasteiger partial charge on any atom is -0.493 e. The van der Waals surface area contributed by atoms with Crippen LogP contribution in [-0.4, -0.2) is 29.8 Å². The molecule has 3 rings (SSSR count). The molecule has 1 aliphatic heterocycles. The molecule has 6 heteroatoms. The summed E-state index contributed by atoms with van der Waals surface area (Å²) < 4.78 is 11.0. The number of imide groups is 1. The van der Waals surface area contributed by atoms with Crippen molar-refractivity contribution < 1.29 is 19.1 Å². The number of methoxy groups -OCH3 is 1. The molecule has 1 aliphatic rings. The van der Waals surface area contributed by atoms with Gasteiger partial charge in [0.05, 0.1) is 25.2 Å². The summed E-state index contributed by atoms with van der Waals surface area (Å²) >= 11 is 0.954. The van der Waals surface area contributed by atoms with Crippen molar-refractivity contribution in [3.8, 4) is 11.5 Å². The Morgan fingerprint density at radius 2 is 1.85 bits per heavy atom. The molecule has 0 aliphatic carbocycles. The maximum Gasteiger partial charge on any atom is 0.293 e. The smallest absolute Gasteiger partial charge is 0.293 e. The van der Waals surface area contributed by atoms with Gasteiger partial charge in [-0.2, -0.15) is 0 Å². The molecule has 0 N–H and O–H groups in total. The van der Waals surface area contributed by atoms with E-state index in [0.717, 1.165) is 29.3 Å². The van der Waals surface area contributed by atoms with Gasteiger partial charge in [0.25, 0.3) is 11.1 Å². The molecular weight excluding hydrogens is 362 g/mol. The van der Waals surface area contributed by atoms with Crippen LogP contribution in [0.2, 0.25) is 0 Å². The van der Waals surface area contributed by atoms with Crippen LogP contribution in [0.3, 0.4) is 0 Å². The van der Waals surface area contributed by atoms with Crippen LogP contribution in [0.15, 0.2) is 53.4 Å². The lowest BCUT2D eigenvalue weighted by molar-refractivity contribution is -0.123. The van der Waals surface area contributed by atoms with E-state index in [9.17, 15) is 9.59 Å². The summed E-state index contributed by atoms with van der Waals surface area (Å²) in [7, 11) is 1.58. The van der Waals surface area contributed by atoms with Crippen molar-refractivity contribution in [3.05, 3.63) is 64.6 Å². The van der Waals surface area contributed by atoms with E-state index in [2.05, 4.69) is 0 Å². The molecular formula is C21H21NO4S. The third kappa shape index (κ3) is 4.52. The summed E-state index contributed by atoms with van der Waals surface area (Å²) in [6, 6.07) is 14.9. The van der Waals surface area contributed by atoms with E-state index in [1.165, 1.54) is 4.90 Å². The van der Waals surface area contributed by atoms with Crippen molar-refractivity contribution in [2.75, 3.05) is 13.7 Å². The number of thioether (sulfide) groups is 1. The highest BCUT2D eigenvalue weighted by Gasteiger charge is 2.34. The zero-order valence-corrected chi connectivity index (χ0v) is 16.1. The number of amides is 2. The molecule has 0 bridgehead atoms. The molecule has 1 fully saturated rings. The minimum atomic E-state index is -0.279. The molecule has 27 heavy (non-hydrogen) atoms. The Morgan fingerprint density at radius 3 is 2.56 bits per heavy atom. The summed E-state index contributed by atoms with van der Waals surface area (Å²) in [5.41, 5.74) is 1.70. The van der Waals surface area contributed by atoms with E-state index in [4.69, 9.17) is 9.47 Å². The Morgan fingerprint density at radius 1 is 1.07 bits per heavy atom. The second-order valence-corrected chi connectivity index (χ2v) is 7.01. The molecule has 0 atom stereocenters. The Hall–Kier alpha value is -2.73. The van der Waals surface area contributed by atoms with Crippen molar-refractivity contribution in [3.63, 3.8) is 0 Å². The monoisotopic (exact) mass is 383 g/mol. The molecule has 0 saturated carbocycles. The molecule has 5 nitrogen and oxygen atoms in total. The van der Waals surface area contributed by atoms with Gasteiger partial charge in [0.2, 0.25) is 0 Å². The minimum absolute atomic E-state index is 0.259. The van der Waals surface area contributed by atoms with Gasteiger partial charge >= 0.3 is 0 Å².